The van der Waals surface area contributed by atoms with E-state index in [1.54, 1.807) is 6.07 Å². The molecule has 1 heterocycles. The van der Waals surface area contributed by atoms with Crippen LogP contribution in [0.1, 0.15) is 39.8 Å². The Morgan fingerprint density at radius 3 is 2.46 bits per heavy atom. The fourth-order valence-corrected chi connectivity index (χ4v) is 2.41. The minimum atomic E-state index is -0.272. The van der Waals surface area contributed by atoms with Gasteiger partial charge in [-0.3, -0.25) is 14.6 Å². The number of carbonyl (C=O) groups is 2. The van der Waals surface area contributed by atoms with Gasteiger partial charge in [0.2, 0.25) is 0 Å². The summed E-state index contributed by atoms with van der Waals surface area (Å²) >= 11 is 0. The number of nitrogens with one attached hydrogen (secondary N) is 2. The number of hydrogen-bond donors (Lipinski definition) is 2. The van der Waals surface area contributed by atoms with Gasteiger partial charge in [-0.15, -0.1) is 0 Å². The highest BCUT2D eigenvalue weighted by molar-refractivity contribution is 6.05. The van der Waals surface area contributed by atoms with Crippen molar-refractivity contribution in [3.8, 4) is 0 Å². The summed E-state index contributed by atoms with van der Waals surface area (Å²) in [5, 5.41) is 5.66. The molecule has 2 aromatic rings. The highest BCUT2D eigenvalue weighted by Gasteiger charge is 2.12. The predicted octanol–water partition coefficient (Wildman–Crippen LogP) is 2.58. The molecule has 2 rings (SSSR count). The summed E-state index contributed by atoms with van der Waals surface area (Å²) < 4.78 is 0. The van der Waals surface area contributed by atoms with Crippen LogP contribution in [-0.2, 0) is 6.42 Å². The van der Waals surface area contributed by atoms with Gasteiger partial charge in [-0.05, 0) is 63.3 Å². The molecule has 0 saturated heterocycles. The number of hydrogen-bond acceptors (Lipinski definition) is 4. The Hall–Kier alpha value is -2.73. The third kappa shape index (κ3) is 5.97. The summed E-state index contributed by atoms with van der Waals surface area (Å²) in [5.41, 5.74) is 2.57. The number of amides is 2. The number of anilines is 1. The molecule has 6 nitrogen and oxygen atoms in total. The Balaban J connectivity index is 1.96. The first-order valence-corrected chi connectivity index (χ1v) is 8.79. The topological polar surface area (TPSA) is 74.3 Å². The fraction of sp³-hybridized carbons (Fsp3) is 0.350. The van der Waals surface area contributed by atoms with E-state index < -0.39 is 0 Å². The number of aromatic nitrogens is 1. The zero-order valence-corrected chi connectivity index (χ0v) is 15.6. The average Bonchev–Trinajstić information content (AvgIpc) is 2.65. The van der Waals surface area contributed by atoms with Crippen molar-refractivity contribution in [3.63, 3.8) is 0 Å². The van der Waals surface area contributed by atoms with Crippen molar-refractivity contribution in [1.82, 2.24) is 15.2 Å². The summed E-state index contributed by atoms with van der Waals surface area (Å²) in [5.74, 6) is -0.538. The Bertz CT molecular complexity index is 742. The van der Waals surface area contributed by atoms with Crippen LogP contribution in [0, 0.1) is 0 Å². The minimum absolute atomic E-state index is 0.240. The summed E-state index contributed by atoms with van der Waals surface area (Å²) in [7, 11) is 3.97. The number of rotatable bonds is 8. The highest BCUT2D eigenvalue weighted by Crippen LogP contribution is 2.12. The quantitative estimate of drug-likeness (QED) is 0.715. The van der Waals surface area contributed by atoms with Crippen LogP contribution in [0.4, 0.5) is 5.69 Å². The van der Waals surface area contributed by atoms with Crippen LogP contribution < -0.4 is 10.6 Å². The summed E-state index contributed by atoms with van der Waals surface area (Å²) in [6.07, 6.45) is 3.28. The van der Waals surface area contributed by atoms with Gasteiger partial charge in [0.1, 0.15) is 5.69 Å². The average molecular weight is 354 g/mol. The van der Waals surface area contributed by atoms with E-state index in [9.17, 15) is 9.59 Å². The van der Waals surface area contributed by atoms with Gasteiger partial charge in [0.15, 0.2) is 0 Å². The van der Waals surface area contributed by atoms with Gasteiger partial charge in [0, 0.05) is 24.0 Å². The van der Waals surface area contributed by atoms with E-state index in [2.05, 4.69) is 27.4 Å². The van der Waals surface area contributed by atoms with Crippen LogP contribution in [-0.4, -0.2) is 48.9 Å². The van der Waals surface area contributed by atoms with Gasteiger partial charge in [0.05, 0.1) is 0 Å². The van der Waals surface area contributed by atoms with Crippen LogP contribution in [0.15, 0.2) is 42.6 Å². The SMILES string of the molecule is CCc1ccc(NC(=O)c2ccnc(C(=O)NCCCN(C)C)c2)cc1. The van der Waals surface area contributed by atoms with Gasteiger partial charge in [-0.1, -0.05) is 19.1 Å². The molecule has 0 spiro atoms. The van der Waals surface area contributed by atoms with Gasteiger partial charge in [-0.2, -0.15) is 0 Å². The zero-order chi connectivity index (χ0) is 18.9. The lowest BCUT2D eigenvalue weighted by Gasteiger charge is -2.10. The molecule has 2 N–H and O–H groups in total. The monoisotopic (exact) mass is 354 g/mol. The second-order valence-electron chi connectivity index (χ2n) is 6.35. The molecule has 0 atom stereocenters. The standard InChI is InChI=1S/C20H26N4O2/c1-4-15-6-8-17(9-7-15)23-19(25)16-10-12-21-18(14-16)20(26)22-11-5-13-24(2)3/h6-10,12,14H,4-5,11,13H2,1-3H3,(H,22,26)(H,23,25). The minimum Gasteiger partial charge on any atom is -0.351 e. The number of aryl methyl sites for hydroxylation is 1. The molecule has 0 aliphatic rings. The molecule has 0 bridgehead atoms. The van der Waals surface area contributed by atoms with Gasteiger partial charge < -0.3 is 15.5 Å². The molecular weight excluding hydrogens is 328 g/mol. The van der Waals surface area contributed by atoms with E-state index in [1.807, 2.05) is 38.4 Å². The van der Waals surface area contributed by atoms with Crippen LogP contribution in [0.3, 0.4) is 0 Å². The van der Waals surface area contributed by atoms with Crippen LogP contribution in [0.2, 0.25) is 0 Å². The van der Waals surface area contributed by atoms with Gasteiger partial charge in [0.25, 0.3) is 11.8 Å². The maximum atomic E-state index is 12.4. The number of nitrogens with zero attached hydrogens (tertiary/aromatic N) is 2. The molecule has 0 unspecified atom stereocenters. The van der Waals surface area contributed by atoms with Crippen LogP contribution >= 0.6 is 0 Å². The van der Waals surface area contributed by atoms with Gasteiger partial charge >= 0.3 is 0 Å². The largest absolute Gasteiger partial charge is 0.351 e. The predicted molar refractivity (Wildman–Crippen MR) is 104 cm³/mol. The molecule has 0 aliphatic heterocycles. The van der Waals surface area contributed by atoms with Crippen LogP contribution in [0.5, 0.6) is 0 Å². The first-order valence-electron chi connectivity index (χ1n) is 8.79. The smallest absolute Gasteiger partial charge is 0.269 e. The first-order chi connectivity index (χ1) is 12.5. The molecule has 6 heteroatoms. The van der Waals surface area contributed by atoms with Crippen molar-refractivity contribution >= 4 is 17.5 Å². The maximum absolute atomic E-state index is 12.4. The Kier molecular flexibility index (Phi) is 7.29. The number of carbonyl (C=O) groups excluding carboxylic acids is 2. The van der Waals surface area contributed by atoms with Crippen molar-refractivity contribution in [2.24, 2.45) is 0 Å². The highest BCUT2D eigenvalue weighted by atomic mass is 16.2. The Labute approximate surface area is 154 Å². The molecule has 138 valence electrons. The maximum Gasteiger partial charge on any atom is 0.269 e. The zero-order valence-electron chi connectivity index (χ0n) is 15.6. The van der Waals surface area contributed by atoms with E-state index in [4.69, 9.17) is 0 Å². The molecular formula is C20H26N4O2. The Morgan fingerprint density at radius 2 is 1.81 bits per heavy atom. The number of benzene rings is 1. The molecule has 26 heavy (non-hydrogen) atoms. The molecule has 0 radical (unpaired) electrons. The third-order valence-corrected chi connectivity index (χ3v) is 3.94. The second kappa shape index (κ2) is 9.68. The van der Waals surface area contributed by atoms with E-state index in [1.165, 1.54) is 17.8 Å². The van der Waals surface area contributed by atoms with E-state index in [-0.39, 0.29) is 17.5 Å². The molecule has 1 aromatic carbocycles. The lowest BCUT2D eigenvalue weighted by molar-refractivity contribution is 0.0947. The van der Waals surface area contributed by atoms with E-state index in [0.717, 1.165) is 25.1 Å². The molecule has 0 fully saturated rings. The Morgan fingerprint density at radius 1 is 1.08 bits per heavy atom. The fourth-order valence-electron chi connectivity index (χ4n) is 2.41. The number of pyridine rings is 1. The first kappa shape index (κ1) is 19.6. The van der Waals surface area contributed by atoms with Crippen molar-refractivity contribution < 1.29 is 9.59 Å². The van der Waals surface area contributed by atoms with E-state index >= 15 is 0 Å². The summed E-state index contributed by atoms with van der Waals surface area (Å²) in [4.78, 5) is 30.7. The van der Waals surface area contributed by atoms with E-state index in [0.29, 0.717) is 12.1 Å². The third-order valence-electron chi connectivity index (χ3n) is 3.94. The lowest BCUT2D eigenvalue weighted by atomic mass is 10.1. The normalized spacial score (nSPS) is 10.6. The second-order valence-corrected chi connectivity index (χ2v) is 6.35. The van der Waals surface area contributed by atoms with Crippen LogP contribution in [0.25, 0.3) is 0 Å². The summed E-state index contributed by atoms with van der Waals surface area (Å²) in [6.45, 7) is 3.55. The van der Waals surface area contributed by atoms with Crippen molar-refractivity contribution in [1.29, 1.82) is 0 Å². The molecule has 2 amide bonds. The molecule has 0 aliphatic carbocycles. The molecule has 0 saturated carbocycles. The van der Waals surface area contributed by atoms with Crippen molar-refractivity contribution in [2.75, 3.05) is 32.5 Å². The van der Waals surface area contributed by atoms with Crippen molar-refractivity contribution in [3.05, 3.63) is 59.4 Å². The summed E-state index contributed by atoms with van der Waals surface area (Å²) in [6, 6.07) is 10.8. The van der Waals surface area contributed by atoms with Gasteiger partial charge in [-0.25, -0.2) is 0 Å². The lowest BCUT2D eigenvalue weighted by Crippen LogP contribution is -2.28. The van der Waals surface area contributed by atoms with Crippen molar-refractivity contribution in [2.45, 2.75) is 19.8 Å². The molecule has 1 aromatic heterocycles.